The zero-order chi connectivity index (χ0) is 10.9. The summed E-state index contributed by atoms with van der Waals surface area (Å²) in [5.41, 5.74) is 5.65. The topological polar surface area (TPSA) is 77.0 Å². The molecule has 2 rings (SSSR count). The third-order valence-corrected chi connectivity index (χ3v) is 2.99. The minimum Gasteiger partial charge on any atom is -0.366 e. The maximum absolute atomic E-state index is 11.5. The Kier molecular flexibility index (Phi) is 2.67. The number of nitrogens with two attached hydrogens (primary N) is 1. The summed E-state index contributed by atoms with van der Waals surface area (Å²) in [4.78, 5) is 19.5. The number of methoxy groups -OCH3 is 1. The van der Waals surface area contributed by atoms with E-state index in [0.717, 1.165) is 25.7 Å². The van der Waals surface area contributed by atoms with E-state index >= 15 is 0 Å². The molecular weight excluding hydrogens is 194 g/mol. The zero-order valence-corrected chi connectivity index (χ0v) is 8.77. The van der Waals surface area contributed by atoms with E-state index in [2.05, 4.69) is 9.98 Å². The number of hydrogen-bond donors (Lipinski definition) is 1. The standard InChI is InChI=1S/C10H15N3O2/c1-15-7-6-12-9(13-8(7)14)10(11)4-2-3-5-10/h6-7H,2-5,11H2,1H3. The van der Waals surface area contributed by atoms with E-state index in [4.69, 9.17) is 10.5 Å². The van der Waals surface area contributed by atoms with Gasteiger partial charge in [-0.25, -0.2) is 4.99 Å². The second-order valence-corrected chi connectivity index (χ2v) is 4.07. The van der Waals surface area contributed by atoms with Gasteiger partial charge in [0.05, 0.1) is 5.54 Å². The van der Waals surface area contributed by atoms with E-state index in [-0.39, 0.29) is 5.91 Å². The minimum atomic E-state index is -0.640. The van der Waals surface area contributed by atoms with Crippen molar-refractivity contribution in [1.29, 1.82) is 0 Å². The van der Waals surface area contributed by atoms with Gasteiger partial charge in [-0.1, -0.05) is 12.8 Å². The van der Waals surface area contributed by atoms with Gasteiger partial charge in [0.25, 0.3) is 5.91 Å². The van der Waals surface area contributed by atoms with Crippen LogP contribution < -0.4 is 5.73 Å². The first-order chi connectivity index (χ1) is 7.15. The van der Waals surface area contributed by atoms with E-state index in [1.165, 1.54) is 13.3 Å². The highest BCUT2D eigenvalue weighted by Gasteiger charge is 2.37. The first-order valence-corrected chi connectivity index (χ1v) is 5.14. The van der Waals surface area contributed by atoms with Crippen molar-refractivity contribution in [2.24, 2.45) is 15.7 Å². The molecule has 0 aromatic rings. The fraction of sp³-hybridized carbons (Fsp3) is 0.700. The zero-order valence-electron chi connectivity index (χ0n) is 8.77. The number of rotatable bonds is 2. The molecule has 0 aromatic carbocycles. The van der Waals surface area contributed by atoms with Gasteiger partial charge in [0.1, 0.15) is 0 Å². The van der Waals surface area contributed by atoms with E-state index in [1.54, 1.807) is 0 Å². The maximum atomic E-state index is 11.5. The number of aliphatic imine (C=N–C) groups is 2. The molecular formula is C10H15N3O2. The van der Waals surface area contributed by atoms with Crippen LogP contribution in [0.25, 0.3) is 0 Å². The summed E-state index contributed by atoms with van der Waals surface area (Å²) in [6.45, 7) is 0. The summed E-state index contributed by atoms with van der Waals surface area (Å²) in [5.74, 6) is 0.164. The number of amides is 1. The number of amidine groups is 1. The van der Waals surface area contributed by atoms with Crippen LogP contribution in [0, 0.1) is 0 Å². The molecule has 1 aliphatic heterocycles. The molecule has 1 atom stereocenters. The van der Waals surface area contributed by atoms with Gasteiger partial charge in [-0.2, -0.15) is 4.99 Å². The Morgan fingerprint density at radius 1 is 1.53 bits per heavy atom. The predicted molar refractivity (Wildman–Crippen MR) is 57.1 cm³/mol. The third kappa shape index (κ3) is 1.85. The van der Waals surface area contributed by atoms with Crippen molar-refractivity contribution in [2.45, 2.75) is 37.3 Å². The van der Waals surface area contributed by atoms with Gasteiger partial charge >= 0.3 is 0 Å². The lowest BCUT2D eigenvalue weighted by molar-refractivity contribution is -0.123. The Morgan fingerprint density at radius 3 is 2.73 bits per heavy atom. The first-order valence-electron chi connectivity index (χ1n) is 5.14. The van der Waals surface area contributed by atoms with Crippen LogP contribution in [0.2, 0.25) is 0 Å². The second kappa shape index (κ2) is 3.83. The minimum absolute atomic E-state index is 0.306. The number of hydrogen-bond acceptors (Lipinski definition) is 4. The highest BCUT2D eigenvalue weighted by molar-refractivity contribution is 6.13. The summed E-state index contributed by atoms with van der Waals surface area (Å²) in [6, 6.07) is 0. The van der Waals surface area contributed by atoms with Crippen molar-refractivity contribution in [1.82, 2.24) is 0 Å². The van der Waals surface area contributed by atoms with Crippen molar-refractivity contribution in [3.05, 3.63) is 0 Å². The van der Waals surface area contributed by atoms with Crippen molar-refractivity contribution in [3.8, 4) is 0 Å². The van der Waals surface area contributed by atoms with Gasteiger partial charge in [-0.15, -0.1) is 0 Å². The number of nitrogens with zero attached hydrogens (tertiary/aromatic N) is 2. The van der Waals surface area contributed by atoms with Gasteiger partial charge < -0.3 is 10.5 Å². The summed E-state index contributed by atoms with van der Waals surface area (Å²) in [5, 5.41) is 0. The van der Waals surface area contributed by atoms with Crippen LogP contribution in [0.1, 0.15) is 25.7 Å². The molecule has 1 amide bonds. The van der Waals surface area contributed by atoms with Crippen LogP contribution >= 0.6 is 0 Å². The highest BCUT2D eigenvalue weighted by Crippen LogP contribution is 2.29. The average Bonchev–Trinajstić information content (AvgIpc) is 2.66. The molecule has 1 aliphatic carbocycles. The van der Waals surface area contributed by atoms with Gasteiger partial charge in [0.2, 0.25) is 0 Å². The van der Waals surface area contributed by atoms with E-state index in [9.17, 15) is 4.79 Å². The molecule has 5 nitrogen and oxygen atoms in total. The van der Waals surface area contributed by atoms with Crippen LogP contribution in [-0.4, -0.2) is 36.7 Å². The van der Waals surface area contributed by atoms with Crippen molar-refractivity contribution < 1.29 is 9.53 Å². The van der Waals surface area contributed by atoms with Crippen molar-refractivity contribution >= 4 is 18.0 Å². The molecule has 5 heteroatoms. The lowest BCUT2D eigenvalue weighted by Gasteiger charge is -2.24. The molecule has 0 spiro atoms. The SMILES string of the molecule is COC1C=NC(C2(N)CCCC2)=NC1=O. The summed E-state index contributed by atoms with van der Waals surface area (Å²) in [6.07, 6.45) is 4.71. The lowest BCUT2D eigenvalue weighted by Crippen LogP contribution is -2.47. The third-order valence-electron chi connectivity index (χ3n) is 2.99. The molecule has 82 valence electrons. The fourth-order valence-corrected chi connectivity index (χ4v) is 2.03. The Labute approximate surface area is 88.4 Å². The molecule has 1 unspecified atom stereocenters. The van der Waals surface area contributed by atoms with E-state index in [0.29, 0.717) is 5.84 Å². The Balaban J connectivity index is 2.19. The van der Waals surface area contributed by atoms with Gasteiger partial charge in [-0.3, -0.25) is 4.79 Å². The number of ether oxygens (including phenoxy) is 1. The van der Waals surface area contributed by atoms with Gasteiger partial charge in [-0.05, 0) is 12.8 Å². The molecule has 1 heterocycles. The Bertz CT molecular complexity index is 330. The van der Waals surface area contributed by atoms with Crippen LogP contribution in [0.4, 0.5) is 0 Å². The quantitative estimate of drug-likeness (QED) is 0.709. The van der Waals surface area contributed by atoms with E-state index < -0.39 is 11.6 Å². The number of carbonyl (C=O) groups excluding carboxylic acids is 1. The van der Waals surface area contributed by atoms with Crippen LogP contribution in [0.5, 0.6) is 0 Å². The monoisotopic (exact) mass is 209 g/mol. The smallest absolute Gasteiger partial charge is 0.282 e. The Hall–Kier alpha value is -1.07. The van der Waals surface area contributed by atoms with Gasteiger partial charge in [0.15, 0.2) is 11.9 Å². The molecule has 1 fully saturated rings. The van der Waals surface area contributed by atoms with Crippen molar-refractivity contribution in [3.63, 3.8) is 0 Å². The summed E-state index contributed by atoms with van der Waals surface area (Å²) < 4.78 is 4.90. The first kappa shape index (κ1) is 10.4. The summed E-state index contributed by atoms with van der Waals surface area (Å²) >= 11 is 0. The average molecular weight is 209 g/mol. The van der Waals surface area contributed by atoms with Crippen LogP contribution in [-0.2, 0) is 9.53 Å². The normalized spacial score (nSPS) is 29.3. The van der Waals surface area contributed by atoms with Crippen LogP contribution in [0.3, 0.4) is 0 Å². The molecule has 1 saturated carbocycles. The maximum Gasteiger partial charge on any atom is 0.282 e. The van der Waals surface area contributed by atoms with Gasteiger partial charge in [0, 0.05) is 13.3 Å². The Morgan fingerprint density at radius 2 is 2.20 bits per heavy atom. The van der Waals surface area contributed by atoms with Crippen LogP contribution in [0.15, 0.2) is 9.98 Å². The molecule has 0 aromatic heterocycles. The molecule has 15 heavy (non-hydrogen) atoms. The second-order valence-electron chi connectivity index (χ2n) is 4.07. The summed E-state index contributed by atoms with van der Waals surface area (Å²) in [7, 11) is 1.46. The van der Waals surface area contributed by atoms with E-state index in [1.807, 2.05) is 0 Å². The molecule has 2 N–H and O–H groups in total. The molecule has 0 radical (unpaired) electrons. The molecule has 2 aliphatic rings. The molecule has 0 bridgehead atoms. The largest absolute Gasteiger partial charge is 0.366 e. The highest BCUT2D eigenvalue weighted by atomic mass is 16.5. The lowest BCUT2D eigenvalue weighted by atomic mass is 9.97. The fourth-order valence-electron chi connectivity index (χ4n) is 2.03. The predicted octanol–water partition coefficient (Wildman–Crippen LogP) is 0.282. The number of carbonyl (C=O) groups is 1. The molecule has 0 saturated heterocycles. The van der Waals surface area contributed by atoms with Crippen molar-refractivity contribution in [2.75, 3.05) is 7.11 Å².